The van der Waals surface area contributed by atoms with Crippen LogP contribution in [0.2, 0.25) is 0 Å². The van der Waals surface area contributed by atoms with Crippen molar-refractivity contribution in [2.75, 3.05) is 39.6 Å². The first-order valence-corrected chi connectivity index (χ1v) is 42.4. The van der Waals surface area contributed by atoms with Crippen LogP contribution in [0.4, 0.5) is 0 Å². The smallest absolute Gasteiger partial charge is 0.462 e. The number of unbranched alkanes of at least 4 members (excludes halogenated alkanes) is 41. The van der Waals surface area contributed by atoms with Crippen molar-refractivity contribution in [1.82, 2.24) is 0 Å². The number of esters is 4. The minimum atomic E-state index is -4.96. The van der Waals surface area contributed by atoms with Gasteiger partial charge in [0, 0.05) is 25.7 Å². The van der Waals surface area contributed by atoms with Crippen LogP contribution in [0.1, 0.15) is 389 Å². The van der Waals surface area contributed by atoms with Crippen LogP contribution in [0, 0.1) is 17.8 Å². The van der Waals surface area contributed by atoms with Gasteiger partial charge in [0.1, 0.15) is 19.3 Å². The molecule has 3 N–H and O–H groups in total. The van der Waals surface area contributed by atoms with Crippen LogP contribution in [0.15, 0.2) is 0 Å². The largest absolute Gasteiger partial charge is 0.472 e. The van der Waals surface area contributed by atoms with Gasteiger partial charge in [-0.05, 0) is 43.4 Å². The lowest BCUT2D eigenvalue weighted by atomic mass is 9.99. The zero-order chi connectivity index (χ0) is 70.1. The Morgan fingerprint density at radius 2 is 0.537 bits per heavy atom. The van der Waals surface area contributed by atoms with E-state index in [2.05, 4.69) is 48.5 Å². The molecule has 0 aliphatic carbocycles. The molecule has 0 aromatic rings. The summed E-state index contributed by atoms with van der Waals surface area (Å²) in [6.07, 6.45) is 52.6. The van der Waals surface area contributed by atoms with E-state index in [9.17, 15) is 43.2 Å². The summed E-state index contributed by atoms with van der Waals surface area (Å²) >= 11 is 0. The van der Waals surface area contributed by atoms with Gasteiger partial charge in [0.05, 0.1) is 26.4 Å². The van der Waals surface area contributed by atoms with E-state index in [-0.39, 0.29) is 25.7 Å². The summed E-state index contributed by atoms with van der Waals surface area (Å²) in [4.78, 5) is 72.8. The number of phosphoric acid groups is 2. The van der Waals surface area contributed by atoms with E-state index in [0.29, 0.717) is 25.7 Å². The fourth-order valence-electron chi connectivity index (χ4n) is 11.6. The zero-order valence-electron chi connectivity index (χ0n) is 62.1. The minimum absolute atomic E-state index is 0.105. The van der Waals surface area contributed by atoms with Gasteiger partial charge in [-0.15, -0.1) is 0 Å². The first-order chi connectivity index (χ1) is 45.8. The van der Waals surface area contributed by atoms with Crippen LogP contribution >= 0.6 is 15.6 Å². The molecule has 0 aromatic heterocycles. The number of carbonyl (C=O) groups excluding carboxylic acids is 4. The van der Waals surface area contributed by atoms with Crippen molar-refractivity contribution in [2.45, 2.75) is 407 Å². The molecule has 0 radical (unpaired) electrons. The average Bonchev–Trinajstić information content (AvgIpc) is 2.24. The van der Waals surface area contributed by atoms with Crippen molar-refractivity contribution >= 4 is 39.5 Å². The molecule has 0 spiro atoms. The Hall–Kier alpha value is -1.94. The lowest BCUT2D eigenvalue weighted by Gasteiger charge is -2.21. The monoisotopic (exact) mass is 1400 g/mol. The van der Waals surface area contributed by atoms with Crippen molar-refractivity contribution in [3.8, 4) is 0 Å². The van der Waals surface area contributed by atoms with Gasteiger partial charge < -0.3 is 33.8 Å². The molecule has 17 nitrogen and oxygen atoms in total. The van der Waals surface area contributed by atoms with Crippen LogP contribution in [0.25, 0.3) is 0 Å². The van der Waals surface area contributed by atoms with Gasteiger partial charge in [-0.3, -0.25) is 37.3 Å². The predicted octanol–water partition coefficient (Wildman–Crippen LogP) is 22.2. The summed E-state index contributed by atoms with van der Waals surface area (Å²) in [5, 5.41) is 10.6. The highest BCUT2D eigenvalue weighted by Crippen LogP contribution is 2.45. The van der Waals surface area contributed by atoms with Crippen molar-refractivity contribution in [3.05, 3.63) is 0 Å². The molecule has 0 aliphatic heterocycles. The fourth-order valence-corrected chi connectivity index (χ4v) is 13.1. The molecule has 0 fully saturated rings. The SMILES string of the molecule is CCCCCCCCCCCCCCCCCCCC(=O)O[C@H](COC(=O)CCCCCCCCCCCCC(C)CC)COP(=O)(O)OC[C@@H](O)COP(=O)(O)OC[C@@H](COC(=O)CCCCCCCCCCCC(C)C)OC(=O)CCCCCCCCCCCC(C)C. The quantitative estimate of drug-likeness (QED) is 0.0222. The summed E-state index contributed by atoms with van der Waals surface area (Å²) < 4.78 is 68.6. The number of ether oxygens (including phenoxy) is 4. The second-order valence-electron chi connectivity index (χ2n) is 28.6. The summed E-state index contributed by atoms with van der Waals surface area (Å²) in [6, 6.07) is 0. The van der Waals surface area contributed by atoms with E-state index in [0.717, 1.165) is 108 Å². The highest BCUT2D eigenvalue weighted by atomic mass is 31.2. The van der Waals surface area contributed by atoms with Gasteiger partial charge in [-0.25, -0.2) is 9.13 Å². The Kier molecular flexibility index (Phi) is 65.2. The molecule has 0 saturated heterocycles. The summed E-state index contributed by atoms with van der Waals surface area (Å²) in [6.45, 7) is 11.9. The average molecular weight is 1400 g/mol. The first kappa shape index (κ1) is 93.1. The molecule has 0 rings (SSSR count). The second kappa shape index (κ2) is 66.6. The van der Waals surface area contributed by atoms with E-state index in [4.69, 9.17) is 37.0 Å². The van der Waals surface area contributed by atoms with Gasteiger partial charge in [0.2, 0.25) is 0 Å². The van der Waals surface area contributed by atoms with Crippen molar-refractivity contribution in [2.24, 2.45) is 17.8 Å². The number of hydrogen-bond donors (Lipinski definition) is 3. The Balaban J connectivity index is 5.26. The van der Waals surface area contributed by atoms with E-state index < -0.39 is 97.5 Å². The molecule has 95 heavy (non-hydrogen) atoms. The van der Waals surface area contributed by atoms with E-state index in [1.807, 2.05) is 0 Å². The molecule has 6 atom stereocenters. The Morgan fingerprint density at radius 3 is 0.800 bits per heavy atom. The lowest BCUT2D eigenvalue weighted by molar-refractivity contribution is -0.161. The Morgan fingerprint density at radius 1 is 0.305 bits per heavy atom. The van der Waals surface area contributed by atoms with Crippen LogP contribution in [-0.4, -0.2) is 96.7 Å². The summed E-state index contributed by atoms with van der Waals surface area (Å²) in [5.74, 6) is 0.172. The van der Waals surface area contributed by atoms with Crippen molar-refractivity contribution < 1.29 is 80.2 Å². The van der Waals surface area contributed by atoms with E-state index >= 15 is 0 Å². The maximum absolute atomic E-state index is 13.1. The normalized spacial score (nSPS) is 14.4. The zero-order valence-corrected chi connectivity index (χ0v) is 63.9. The van der Waals surface area contributed by atoms with Gasteiger partial charge in [0.15, 0.2) is 12.2 Å². The fraction of sp³-hybridized carbons (Fsp3) is 0.947. The molecular weight excluding hydrogens is 1250 g/mol. The Bertz CT molecular complexity index is 1850. The van der Waals surface area contributed by atoms with Crippen LogP contribution in [0.5, 0.6) is 0 Å². The summed E-state index contributed by atoms with van der Waals surface area (Å²) in [5.41, 5.74) is 0. The molecule has 19 heteroatoms. The maximum Gasteiger partial charge on any atom is 0.472 e. The number of aliphatic hydroxyl groups is 1. The second-order valence-corrected chi connectivity index (χ2v) is 31.5. The predicted molar refractivity (Wildman–Crippen MR) is 386 cm³/mol. The summed E-state index contributed by atoms with van der Waals surface area (Å²) in [7, 11) is -9.91. The third-order valence-corrected chi connectivity index (χ3v) is 19.9. The molecule has 0 aromatic carbocycles. The molecule has 0 amide bonds. The first-order valence-electron chi connectivity index (χ1n) is 39.4. The highest BCUT2D eigenvalue weighted by Gasteiger charge is 2.30. The van der Waals surface area contributed by atoms with Crippen LogP contribution in [0.3, 0.4) is 0 Å². The number of aliphatic hydroxyl groups excluding tert-OH is 1. The molecule has 0 heterocycles. The highest BCUT2D eigenvalue weighted by molar-refractivity contribution is 7.47. The van der Waals surface area contributed by atoms with E-state index in [1.165, 1.54) is 199 Å². The molecule has 3 unspecified atom stereocenters. The number of phosphoric ester groups is 2. The van der Waals surface area contributed by atoms with Gasteiger partial charge >= 0.3 is 39.5 Å². The molecule has 0 saturated carbocycles. The molecule has 564 valence electrons. The lowest BCUT2D eigenvalue weighted by Crippen LogP contribution is -2.30. The number of carbonyl (C=O) groups is 4. The maximum atomic E-state index is 13.1. The van der Waals surface area contributed by atoms with Gasteiger partial charge in [0.25, 0.3) is 0 Å². The van der Waals surface area contributed by atoms with Gasteiger partial charge in [-0.1, -0.05) is 337 Å². The third-order valence-electron chi connectivity index (χ3n) is 18.0. The van der Waals surface area contributed by atoms with Crippen molar-refractivity contribution in [3.63, 3.8) is 0 Å². The van der Waals surface area contributed by atoms with Crippen molar-refractivity contribution in [1.29, 1.82) is 0 Å². The molecule has 0 aliphatic rings. The Labute approximate surface area is 581 Å². The third kappa shape index (κ3) is 69.0. The van der Waals surface area contributed by atoms with Gasteiger partial charge in [-0.2, -0.15) is 0 Å². The van der Waals surface area contributed by atoms with Crippen LogP contribution < -0.4 is 0 Å². The topological polar surface area (TPSA) is 237 Å². The standard InChI is InChI=1S/C76H148O17P2/c1-8-10-11-12-13-14-15-16-17-18-19-20-21-30-38-45-52-59-75(80)92-71(63-86-73(78)57-50-43-36-29-23-22-28-35-42-49-56-69(7)9-2)65-90-94(82,83)88-61-70(77)62-89-95(84,85)91-66-72(93-76(81)60-53-46-39-32-25-27-34-41-48-55-68(5)6)64-87-74(79)58-51-44-37-31-24-26-33-40-47-54-67(3)4/h67-72,77H,8-66H2,1-7H3,(H,82,83)(H,84,85)/t69?,70-,71-,72-/m1/s1. The molecule has 0 bridgehead atoms. The number of hydrogen-bond acceptors (Lipinski definition) is 15. The molecular formula is C76H148O17P2. The minimum Gasteiger partial charge on any atom is -0.462 e. The van der Waals surface area contributed by atoms with E-state index in [1.54, 1.807) is 0 Å². The number of rotatable bonds is 74. The van der Waals surface area contributed by atoms with Crippen LogP contribution in [-0.2, 0) is 65.4 Å².